The van der Waals surface area contributed by atoms with Gasteiger partial charge >= 0.3 is 0 Å². The van der Waals surface area contributed by atoms with Crippen LogP contribution in [0.25, 0.3) is 11.0 Å². The predicted octanol–water partition coefficient (Wildman–Crippen LogP) is 3.51. The van der Waals surface area contributed by atoms with Crippen LogP contribution in [0.5, 0.6) is 0 Å². The van der Waals surface area contributed by atoms with E-state index >= 15 is 0 Å². The largest absolute Gasteiger partial charge is 0.356 e. The lowest BCUT2D eigenvalue weighted by molar-refractivity contribution is 0.626. The van der Waals surface area contributed by atoms with Gasteiger partial charge in [-0.15, -0.1) is 24.0 Å². The van der Waals surface area contributed by atoms with Crippen LogP contribution in [0.1, 0.15) is 11.4 Å². The third-order valence-corrected chi connectivity index (χ3v) is 4.32. The Morgan fingerprint density at radius 1 is 1.07 bits per heavy atom. The second-order valence-corrected chi connectivity index (χ2v) is 6.10. The number of rotatable bonds is 6. The summed E-state index contributed by atoms with van der Waals surface area (Å²) in [6, 6.07) is 14.7. The number of guanidine groups is 1. The Morgan fingerprint density at radius 3 is 2.52 bits per heavy atom. The lowest BCUT2D eigenvalue weighted by Gasteiger charge is -2.13. The van der Waals surface area contributed by atoms with Crippen LogP contribution in [-0.4, -0.2) is 35.6 Å². The zero-order chi connectivity index (χ0) is 18.4. The van der Waals surface area contributed by atoms with Crippen LogP contribution in [-0.2, 0) is 13.0 Å². The van der Waals surface area contributed by atoms with E-state index in [1.165, 1.54) is 12.1 Å². The summed E-state index contributed by atoms with van der Waals surface area (Å²) in [5.74, 6) is 1.56. The molecule has 0 saturated carbocycles. The first-order chi connectivity index (χ1) is 12.7. The molecule has 0 radical (unpaired) electrons. The molecule has 3 rings (SSSR count). The van der Waals surface area contributed by atoms with Gasteiger partial charge in [0.2, 0.25) is 0 Å². The van der Waals surface area contributed by atoms with E-state index in [2.05, 4.69) is 31.2 Å². The minimum atomic E-state index is -0.207. The SMILES string of the molecule is CN=C(NCCc1ccc(F)cc1)NCCn1c(C)nc2ccccc21.I. The molecule has 0 saturated heterocycles. The predicted molar refractivity (Wildman–Crippen MR) is 119 cm³/mol. The van der Waals surface area contributed by atoms with Crippen molar-refractivity contribution in [2.45, 2.75) is 19.9 Å². The molecule has 0 atom stereocenters. The van der Waals surface area contributed by atoms with Crippen molar-refractivity contribution in [1.29, 1.82) is 0 Å². The van der Waals surface area contributed by atoms with Crippen LogP contribution in [0.4, 0.5) is 4.39 Å². The maximum Gasteiger partial charge on any atom is 0.191 e. The fourth-order valence-corrected chi connectivity index (χ4v) is 2.96. The molecule has 27 heavy (non-hydrogen) atoms. The van der Waals surface area contributed by atoms with Gasteiger partial charge in [-0.1, -0.05) is 24.3 Å². The fraction of sp³-hybridized carbons (Fsp3) is 0.300. The van der Waals surface area contributed by atoms with E-state index in [1.54, 1.807) is 19.2 Å². The zero-order valence-corrected chi connectivity index (χ0v) is 17.9. The lowest BCUT2D eigenvalue weighted by Crippen LogP contribution is -2.39. The van der Waals surface area contributed by atoms with Gasteiger partial charge in [0, 0.05) is 26.7 Å². The maximum atomic E-state index is 12.9. The molecule has 1 heterocycles. The molecule has 1 aromatic heterocycles. The summed E-state index contributed by atoms with van der Waals surface area (Å²) in [6.45, 7) is 4.32. The first-order valence-electron chi connectivity index (χ1n) is 8.78. The number of benzene rings is 2. The summed E-state index contributed by atoms with van der Waals surface area (Å²) < 4.78 is 15.1. The maximum absolute atomic E-state index is 12.9. The van der Waals surface area contributed by atoms with E-state index in [-0.39, 0.29) is 29.8 Å². The highest BCUT2D eigenvalue weighted by atomic mass is 127. The number of nitrogens with one attached hydrogen (secondary N) is 2. The molecule has 144 valence electrons. The molecular weight excluding hydrogens is 456 g/mol. The number of halogens is 2. The fourth-order valence-electron chi connectivity index (χ4n) is 2.96. The highest BCUT2D eigenvalue weighted by Gasteiger charge is 2.06. The molecule has 3 aromatic rings. The second kappa shape index (κ2) is 10.2. The summed E-state index contributed by atoms with van der Waals surface area (Å²) in [5.41, 5.74) is 3.26. The van der Waals surface area contributed by atoms with E-state index in [4.69, 9.17) is 0 Å². The summed E-state index contributed by atoms with van der Waals surface area (Å²) >= 11 is 0. The third kappa shape index (κ3) is 5.66. The molecule has 0 amide bonds. The quantitative estimate of drug-likeness (QED) is 0.322. The van der Waals surface area contributed by atoms with Crippen LogP contribution in [0.15, 0.2) is 53.5 Å². The first-order valence-corrected chi connectivity index (χ1v) is 8.78. The molecule has 0 aliphatic heterocycles. The van der Waals surface area contributed by atoms with Crippen molar-refractivity contribution in [3.8, 4) is 0 Å². The van der Waals surface area contributed by atoms with Crippen molar-refractivity contribution in [3.05, 3.63) is 65.7 Å². The zero-order valence-electron chi connectivity index (χ0n) is 15.6. The van der Waals surface area contributed by atoms with Crippen molar-refractivity contribution < 1.29 is 4.39 Å². The molecule has 2 aromatic carbocycles. The minimum absolute atomic E-state index is 0. The summed E-state index contributed by atoms with van der Waals surface area (Å²) in [6.07, 6.45) is 0.812. The van der Waals surface area contributed by atoms with Gasteiger partial charge in [-0.05, 0) is 43.2 Å². The van der Waals surface area contributed by atoms with Crippen LogP contribution < -0.4 is 10.6 Å². The van der Waals surface area contributed by atoms with Gasteiger partial charge in [-0.25, -0.2) is 9.37 Å². The monoisotopic (exact) mass is 481 g/mol. The number of aryl methyl sites for hydroxylation is 1. The smallest absolute Gasteiger partial charge is 0.191 e. The molecule has 5 nitrogen and oxygen atoms in total. The highest BCUT2D eigenvalue weighted by Crippen LogP contribution is 2.14. The molecule has 0 aliphatic rings. The Bertz CT molecular complexity index is 889. The van der Waals surface area contributed by atoms with Gasteiger partial charge < -0.3 is 15.2 Å². The molecular formula is C20H25FIN5. The molecule has 7 heteroatoms. The van der Waals surface area contributed by atoms with E-state index in [0.29, 0.717) is 0 Å². The van der Waals surface area contributed by atoms with Crippen molar-refractivity contribution in [1.82, 2.24) is 20.2 Å². The number of nitrogens with zero attached hydrogens (tertiary/aromatic N) is 3. The van der Waals surface area contributed by atoms with Gasteiger partial charge in [-0.2, -0.15) is 0 Å². The van der Waals surface area contributed by atoms with Gasteiger partial charge in [0.15, 0.2) is 5.96 Å². The molecule has 0 unspecified atom stereocenters. The van der Waals surface area contributed by atoms with Gasteiger partial charge in [-0.3, -0.25) is 4.99 Å². The van der Waals surface area contributed by atoms with Crippen LogP contribution in [0, 0.1) is 12.7 Å². The van der Waals surface area contributed by atoms with Crippen molar-refractivity contribution in [2.24, 2.45) is 4.99 Å². The number of fused-ring (bicyclic) bond motifs is 1. The standard InChI is InChI=1S/C20H24FN5.HI/c1-15-25-18-5-3-4-6-19(18)26(15)14-13-24-20(22-2)23-12-11-16-7-9-17(21)10-8-16;/h3-10H,11-14H2,1-2H3,(H2,22,23,24);1H. The number of imidazole rings is 1. The number of hydrogen-bond donors (Lipinski definition) is 2. The summed E-state index contributed by atoms with van der Waals surface area (Å²) in [4.78, 5) is 8.83. The van der Waals surface area contributed by atoms with Crippen LogP contribution >= 0.6 is 24.0 Å². The van der Waals surface area contributed by atoms with E-state index in [0.717, 1.165) is 54.4 Å². The Morgan fingerprint density at radius 2 is 1.78 bits per heavy atom. The molecule has 2 N–H and O–H groups in total. The summed E-state index contributed by atoms with van der Waals surface area (Å²) in [7, 11) is 1.76. The first kappa shape index (κ1) is 21.1. The highest BCUT2D eigenvalue weighted by molar-refractivity contribution is 14.0. The van der Waals surface area contributed by atoms with Gasteiger partial charge in [0.1, 0.15) is 11.6 Å². The second-order valence-electron chi connectivity index (χ2n) is 6.10. The third-order valence-electron chi connectivity index (χ3n) is 4.32. The Kier molecular flexibility index (Phi) is 8.02. The lowest BCUT2D eigenvalue weighted by atomic mass is 10.1. The minimum Gasteiger partial charge on any atom is -0.356 e. The number of para-hydroxylation sites is 2. The van der Waals surface area contributed by atoms with E-state index < -0.39 is 0 Å². The molecule has 0 fully saturated rings. The van der Waals surface area contributed by atoms with Crippen LogP contribution in [0.2, 0.25) is 0 Å². The average molecular weight is 481 g/mol. The van der Waals surface area contributed by atoms with Gasteiger partial charge in [0.05, 0.1) is 11.0 Å². The molecule has 0 bridgehead atoms. The van der Waals surface area contributed by atoms with Crippen molar-refractivity contribution in [2.75, 3.05) is 20.1 Å². The van der Waals surface area contributed by atoms with Crippen molar-refractivity contribution in [3.63, 3.8) is 0 Å². The van der Waals surface area contributed by atoms with E-state index in [9.17, 15) is 4.39 Å². The summed E-state index contributed by atoms with van der Waals surface area (Å²) in [5, 5.41) is 6.61. The number of aromatic nitrogens is 2. The number of hydrogen-bond acceptors (Lipinski definition) is 2. The topological polar surface area (TPSA) is 54.2 Å². The normalized spacial score (nSPS) is 11.3. The number of aliphatic imine (C=N–C) groups is 1. The Hall–Kier alpha value is -2.16. The van der Waals surface area contributed by atoms with E-state index in [1.807, 2.05) is 25.1 Å². The molecule has 0 aliphatic carbocycles. The average Bonchev–Trinajstić information content (AvgIpc) is 2.97. The Balaban J connectivity index is 0.00000261. The van der Waals surface area contributed by atoms with Gasteiger partial charge in [0.25, 0.3) is 0 Å². The molecule has 0 spiro atoms. The Labute approximate surface area is 176 Å². The van der Waals surface area contributed by atoms with Crippen molar-refractivity contribution >= 4 is 41.0 Å². The van der Waals surface area contributed by atoms with Crippen LogP contribution in [0.3, 0.4) is 0 Å².